The van der Waals surface area contributed by atoms with Gasteiger partial charge in [0.1, 0.15) is 42.4 Å². The van der Waals surface area contributed by atoms with Crippen molar-refractivity contribution in [1.29, 1.82) is 0 Å². The van der Waals surface area contributed by atoms with Crippen molar-refractivity contribution in [1.82, 2.24) is 0 Å². The molecule has 0 bridgehead atoms. The number of allylic oxidation sites excluding steroid dienone is 1. The van der Waals surface area contributed by atoms with E-state index in [1.807, 2.05) is 13.0 Å². The number of aliphatic hydroxyl groups excluding tert-OH is 5. The van der Waals surface area contributed by atoms with Crippen LogP contribution in [0.3, 0.4) is 0 Å². The van der Waals surface area contributed by atoms with Gasteiger partial charge >= 0.3 is 5.63 Å². The second-order valence-electron chi connectivity index (χ2n) is 9.29. The number of rotatable bonds is 10. The van der Waals surface area contributed by atoms with Crippen LogP contribution in [0, 0.1) is 0 Å². The van der Waals surface area contributed by atoms with E-state index in [0.29, 0.717) is 24.2 Å². The molecule has 1 aliphatic heterocycles. The van der Waals surface area contributed by atoms with Crippen LogP contribution in [0.15, 0.2) is 51.2 Å². The lowest BCUT2D eigenvalue weighted by molar-refractivity contribution is -0.331. The lowest BCUT2D eigenvalue weighted by Gasteiger charge is -2.43. The average Bonchev–Trinajstić information content (AvgIpc) is 2.82. The Balaban J connectivity index is 1.50. The zero-order valence-electron chi connectivity index (χ0n) is 20.0. The number of hydrogen-bond acceptors (Lipinski definition) is 10. The SMILES string of the molecule is CC(=CCOc1ccc2ccc(=O)oc2c1)CCC(O)C(C)(C)OC1OC(CO)C(O)C(O)C1O. The van der Waals surface area contributed by atoms with Crippen LogP contribution >= 0.6 is 0 Å². The number of fused-ring (bicyclic) bond motifs is 1. The summed E-state index contributed by atoms with van der Waals surface area (Å²) in [6.45, 7) is 4.88. The molecular formula is C25H34O10. The van der Waals surface area contributed by atoms with Gasteiger partial charge in [0, 0.05) is 17.5 Å². The first-order chi connectivity index (χ1) is 16.5. The minimum Gasteiger partial charge on any atom is -0.489 e. The van der Waals surface area contributed by atoms with Crippen molar-refractivity contribution in [3.63, 3.8) is 0 Å². The van der Waals surface area contributed by atoms with Gasteiger partial charge < -0.3 is 44.2 Å². The van der Waals surface area contributed by atoms with Gasteiger partial charge in [0.25, 0.3) is 0 Å². The first-order valence-corrected chi connectivity index (χ1v) is 11.5. The fourth-order valence-corrected chi connectivity index (χ4v) is 3.77. The first-order valence-electron chi connectivity index (χ1n) is 11.5. The summed E-state index contributed by atoms with van der Waals surface area (Å²) in [6, 6.07) is 8.29. The van der Waals surface area contributed by atoms with Crippen LogP contribution in [0.1, 0.15) is 33.6 Å². The van der Waals surface area contributed by atoms with Gasteiger partial charge in [0.2, 0.25) is 0 Å². The highest BCUT2D eigenvalue weighted by molar-refractivity contribution is 5.77. The van der Waals surface area contributed by atoms with Gasteiger partial charge in [0.15, 0.2) is 6.29 Å². The van der Waals surface area contributed by atoms with E-state index in [4.69, 9.17) is 18.6 Å². The molecule has 0 spiro atoms. The summed E-state index contributed by atoms with van der Waals surface area (Å²) in [5, 5.41) is 50.8. The standard InChI is InChI=1S/C25H34O10/c1-14(10-11-32-16-7-5-15-6-9-20(28)33-17(15)12-16)4-8-19(27)25(2,3)35-24-23(31)22(30)21(29)18(13-26)34-24/h5-7,9-10,12,18-19,21-24,26-27,29-31H,4,8,11,13H2,1-3H3. The predicted molar refractivity (Wildman–Crippen MR) is 126 cm³/mol. The molecule has 0 aliphatic carbocycles. The second kappa shape index (κ2) is 11.6. The van der Waals surface area contributed by atoms with Crippen molar-refractivity contribution in [3.8, 4) is 5.75 Å². The van der Waals surface area contributed by atoms with Crippen LogP contribution in [0.5, 0.6) is 5.75 Å². The van der Waals surface area contributed by atoms with E-state index >= 15 is 0 Å². The minimum atomic E-state index is -1.55. The van der Waals surface area contributed by atoms with E-state index < -0.39 is 54.6 Å². The van der Waals surface area contributed by atoms with Crippen molar-refractivity contribution in [2.24, 2.45) is 0 Å². The molecule has 35 heavy (non-hydrogen) atoms. The van der Waals surface area contributed by atoms with Gasteiger partial charge in [-0.2, -0.15) is 0 Å². The quantitative estimate of drug-likeness (QED) is 0.237. The molecule has 1 aromatic carbocycles. The Morgan fingerprint density at radius 2 is 1.86 bits per heavy atom. The molecule has 10 heteroatoms. The number of aliphatic hydroxyl groups is 5. The van der Waals surface area contributed by atoms with Gasteiger partial charge in [-0.1, -0.05) is 5.57 Å². The Bertz CT molecular complexity index is 1060. The fourth-order valence-electron chi connectivity index (χ4n) is 3.77. The summed E-state index contributed by atoms with van der Waals surface area (Å²) in [4.78, 5) is 11.4. The van der Waals surface area contributed by atoms with E-state index in [0.717, 1.165) is 11.0 Å². The fraction of sp³-hybridized carbons (Fsp3) is 0.560. The number of hydrogen-bond donors (Lipinski definition) is 5. The molecule has 3 rings (SSSR count). The van der Waals surface area contributed by atoms with Gasteiger partial charge in [-0.15, -0.1) is 0 Å². The van der Waals surface area contributed by atoms with E-state index in [1.165, 1.54) is 6.07 Å². The monoisotopic (exact) mass is 494 g/mol. The molecule has 2 aromatic rings. The van der Waals surface area contributed by atoms with Gasteiger partial charge in [-0.05, 0) is 57.9 Å². The topological polar surface area (TPSA) is 159 Å². The maximum Gasteiger partial charge on any atom is 0.336 e. The molecule has 1 aromatic heterocycles. The minimum absolute atomic E-state index is 0.287. The number of ether oxygens (including phenoxy) is 3. The van der Waals surface area contributed by atoms with Gasteiger partial charge in [-0.3, -0.25) is 0 Å². The van der Waals surface area contributed by atoms with Gasteiger partial charge in [0.05, 0.1) is 18.3 Å². The van der Waals surface area contributed by atoms with Crippen molar-refractivity contribution in [2.75, 3.05) is 13.2 Å². The molecule has 6 atom stereocenters. The summed E-state index contributed by atoms with van der Waals surface area (Å²) in [5.41, 5.74) is -0.165. The summed E-state index contributed by atoms with van der Waals surface area (Å²) in [5.74, 6) is 0.560. The summed E-state index contributed by atoms with van der Waals surface area (Å²) in [7, 11) is 0. The molecule has 1 aliphatic rings. The third-order valence-corrected chi connectivity index (χ3v) is 6.16. The van der Waals surface area contributed by atoms with Gasteiger partial charge in [-0.25, -0.2) is 4.79 Å². The van der Waals surface area contributed by atoms with Crippen LogP contribution in [0.4, 0.5) is 0 Å². The lowest BCUT2D eigenvalue weighted by Crippen LogP contribution is -2.61. The third-order valence-electron chi connectivity index (χ3n) is 6.16. The Kier molecular flexibility index (Phi) is 9.05. The third kappa shape index (κ3) is 6.89. The molecule has 0 radical (unpaired) electrons. The Hall–Kier alpha value is -2.31. The van der Waals surface area contributed by atoms with E-state index in [9.17, 15) is 30.3 Å². The highest BCUT2D eigenvalue weighted by atomic mass is 16.7. The van der Waals surface area contributed by atoms with Crippen molar-refractivity contribution < 1.29 is 44.2 Å². The highest BCUT2D eigenvalue weighted by Gasteiger charge is 2.46. The maximum absolute atomic E-state index is 11.4. The van der Waals surface area contributed by atoms with Crippen molar-refractivity contribution in [2.45, 2.75) is 76.0 Å². The van der Waals surface area contributed by atoms with Crippen LogP contribution < -0.4 is 10.4 Å². The molecular weight excluding hydrogens is 460 g/mol. The van der Waals surface area contributed by atoms with Crippen LogP contribution in [-0.2, 0) is 9.47 Å². The Labute approximate surface area is 203 Å². The first kappa shape index (κ1) is 27.3. The lowest BCUT2D eigenvalue weighted by atomic mass is 9.94. The molecule has 0 amide bonds. The molecule has 5 N–H and O–H groups in total. The van der Waals surface area contributed by atoms with E-state index in [2.05, 4.69) is 0 Å². The average molecular weight is 495 g/mol. The summed E-state index contributed by atoms with van der Waals surface area (Å²) < 4.78 is 22.0. The van der Waals surface area contributed by atoms with Crippen molar-refractivity contribution in [3.05, 3.63) is 52.4 Å². The number of benzene rings is 1. The normalized spacial score (nSPS) is 26.6. The van der Waals surface area contributed by atoms with Crippen LogP contribution in [0.25, 0.3) is 11.0 Å². The Morgan fingerprint density at radius 3 is 2.57 bits per heavy atom. The predicted octanol–water partition coefficient (Wildman–Crippen LogP) is 0.854. The highest BCUT2D eigenvalue weighted by Crippen LogP contribution is 2.29. The molecule has 1 saturated heterocycles. The zero-order chi connectivity index (χ0) is 25.8. The molecule has 10 nitrogen and oxygen atoms in total. The second-order valence-corrected chi connectivity index (χ2v) is 9.29. The Morgan fingerprint density at radius 1 is 1.14 bits per heavy atom. The van der Waals surface area contributed by atoms with Crippen LogP contribution in [-0.4, -0.2) is 81.2 Å². The molecule has 194 valence electrons. The smallest absolute Gasteiger partial charge is 0.336 e. The van der Waals surface area contributed by atoms with E-state index in [-0.39, 0.29) is 6.61 Å². The molecule has 0 saturated carbocycles. The maximum atomic E-state index is 11.4. The summed E-state index contributed by atoms with van der Waals surface area (Å²) in [6.07, 6.45) is -5.17. The molecule has 6 unspecified atom stereocenters. The molecule has 1 fully saturated rings. The zero-order valence-corrected chi connectivity index (χ0v) is 20.0. The van der Waals surface area contributed by atoms with Crippen LogP contribution in [0.2, 0.25) is 0 Å². The van der Waals surface area contributed by atoms with Crippen molar-refractivity contribution >= 4 is 11.0 Å². The molecule has 2 heterocycles. The summed E-state index contributed by atoms with van der Waals surface area (Å²) >= 11 is 0. The van der Waals surface area contributed by atoms with E-state index in [1.54, 1.807) is 38.1 Å². The largest absolute Gasteiger partial charge is 0.489 e.